The maximum Gasteiger partial charge on any atom is 0.239 e. The van der Waals surface area contributed by atoms with Crippen molar-refractivity contribution < 1.29 is 9.59 Å². The van der Waals surface area contributed by atoms with Crippen molar-refractivity contribution in [2.45, 2.75) is 19.9 Å². The van der Waals surface area contributed by atoms with Crippen LogP contribution in [0.15, 0.2) is 36.8 Å². The topological polar surface area (TPSA) is 67.2 Å². The van der Waals surface area contributed by atoms with Crippen LogP contribution in [-0.2, 0) is 22.6 Å². The van der Waals surface area contributed by atoms with E-state index >= 15 is 0 Å². The molecule has 0 aliphatic heterocycles. The van der Waals surface area contributed by atoms with Crippen LogP contribution < -0.4 is 5.32 Å². The number of aromatic nitrogens is 2. The SMILES string of the molecule is CC(=O)N(C)CC(=O)NCCc1cn(Cc2ccc(Cl)cc2)cn1. The molecule has 0 saturated carbocycles. The van der Waals surface area contributed by atoms with Gasteiger partial charge >= 0.3 is 0 Å². The summed E-state index contributed by atoms with van der Waals surface area (Å²) >= 11 is 5.87. The summed E-state index contributed by atoms with van der Waals surface area (Å²) in [6, 6.07) is 7.69. The molecule has 7 heteroatoms. The quantitative estimate of drug-likeness (QED) is 0.828. The average Bonchev–Trinajstić information content (AvgIpc) is 2.97. The molecule has 0 aliphatic carbocycles. The predicted molar refractivity (Wildman–Crippen MR) is 92.8 cm³/mol. The summed E-state index contributed by atoms with van der Waals surface area (Å²) < 4.78 is 1.99. The lowest BCUT2D eigenvalue weighted by atomic mass is 10.2. The van der Waals surface area contributed by atoms with Gasteiger partial charge in [-0.1, -0.05) is 23.7 Å². The summed E-state index contributed by atoms with van der Waals surface area (Å²) in [5.74, 6) is -0.306. The minimum atomic E-state index is -0.173. The Morgan fingerprint density at radius 3 is 2.67 bits per heavy atom. The van der Waals surface area contributed by atoms with Gasteiger partial charge in [-0.15, -0.1) is 0 Å². The van der Waals surface area contributed by atoms with Gasteiger partial charge in [-0.05, 0) is 17.7 Å². The average molecular weight is 349 g/mol. The molecule has 0 radical (unpaired) electrons. The van der Waals surface area contributed by atoms with Gasteiger partial charge in [0.05, 0.1) is 18.6 Å². The molecule has 128 valence electrons. The maximum absolute atomic E-state index is 11.7. The van der Waals surface area contributed by atoms with Crippen LogP contribution >= 0.6 is 11.6 Å². The number of hydrogen-bond donors (Lipinski definition) is 1. The molecule has 2 amide bonds. The molecule has 6 nitrogen and oxygen atoms in total. The van der Waals surface area contributed by atoms with Gasteiger partial charge in [0.2, 0.25) is 11.8 Å². The number of likely N-dealkylation sites (N-methyl/N-ethyl adjacent to an activating group) is 1. The number of benzene rings is 1. The molecule has 0 fully saturated rings. The first kappa shape index (κ1) is 18.0. The van der Waals surface area contributed by atoms with Crippen molar-refractivity contribution in [2.24, 2.45) is 0 Å². The Bertz CT molecular complexity index is 697. The van der Waals surface area contributed by atoms with Crippen molar-refractivity contribution in [1.29, 1.82) is 0 Å². The number of nitrogens with one attached hydrogen (secondary N) is 1. The molecule has 0 saturated heterocycles. The van der Waals surface area contributed by atoms with Crippen LogP contribution in [0.4, 0.5) is 0 Å². The van der Waals surface area contributed by atoms with Crippen LogP contribution in [0.25, 0.3) is 0 Å². The molecule has 0 atom stereocenters. The Morgan fingerprint density at radius 2 is 2.00 bits per heavy atom. The number of amides is 2. The number of carbonyl (C=O) groups excluding carboxylic acids is 2. The number of halogens is 1. The van der Waals surface area contributed by atoms with Crippen molar-refractivity contribution in [3.8, 4) is 0 Å². The van der Waals surface area contributed by atoms with Gasteiger partial charge in [-0.2, -0.15) is 0 Å². The fourth-order valence-corrected chi connectivity index (χ4v) is 2.26. The van der Waals surface area contributed by atoms with Crippen LogP contribution in [0.5, 0.6) is 0 Å². The standard InChI is InChI=1S/C17H21ClN4O2/c1-13(23)21(2)11-17(24)19-8-7-16-10-22(12-20-16)9-14-3-5-15(18)6-4-14/h3-6,10,12H,7-9,11H2,1-2H3,(H,19,24). The highest BCUT2D eigenvalue weighted by atomic mass is 35.5. The molecule has 24 heavy (non-hydrogen) atoms. The van der Waals surface area contributed by atoms with Crippen LogP contribution in [0.3, 0.4) is 0 Å². The zero-order valence-electron chi connectivity index (χ0n) is 13.8. The van der Waals surface area contributed by atoms with Crippen LogP contribution in [0.1, 0.15) is 18.2 Å². The summed E-state index contributed by atoms with van der Waals surface area (Å²) in [6.07, 6.45) is 4.38. The highest BCUT2D eigenvalue weighted by Crippen LogP contribution is 2.11. The number of imidazole rings is 1. The summed E-state index contributed by atoms with van der Waals surface area (Å²) in [7, 11) is 1.60. The van der Waals surface area contributed by atoms with Gasteiger partial charge in [0.25, 0.3) is 0 Å². The number of hydrogen-bond acceptors (Lipinski definition) is 3. The van der Waals surface area contributed by atoms with E-state index in [4.69, 9.17) is 11.6 Å². The van der Waals surface area contributed by atoms with Gasteiger partial charge in [0.15, 0.2) is 0 Å². The maximum atomic E-state index is 11.7. The summed E-state index contributed by atoms with van der Waals surface area (Å²) in [4.78, 5) is 28.5. The van der Waals surface area contributed by atoms with Crippen LogP contribution in [0, 0.1) is 0 Å². The van der Waals surface area contributed by atoms with Gasteiger partial charge < -0.3 is 14.8 Å². The fraction of sp³-hybridized carbons (Fsp3) is 0.353. The van der Waals surface area contributed by atoms with E-state index in [1.807, 2.05) is 35.0 Å². The second-order valence-corrected chi connectivity index (χ2v) is 6.08. The first-order chi connectivity index (χ1) is 11.4. The minimum absolute atomic E-state index is 0.0698. The fourth-order valence-electron chi connectivity index (χ4n) is 2.14. The minimum Gasteiger partial charge on any atom is -0.354 e. The molecule has 1 aromatic carbocycles. The summed E-state index contributed by atoms with van der Waals surface area (Å²) in [6.45, 7) is 2.71. The third kappa shape index (κ3) is 5.70. The third-order valence-corrected chi connectivity index (χ3v) is 3.84. The first-order valence-corrected chi connectivity index (χ1v) is 8.05. The zero-order valence-corrected chi connectivity index (χ0v) is 14.6. The molecule has 2 rings (SSSR count). The molecule has 0 unspecified atom stereocenters. The second kappa shape index (κ2) is 8.49. The number of rotatable bonds is 7. The molecule has 1 heterocycles. The van der Waals surface area contributed by atoms with E-state index in [-0.39, 0.29) is 18.4 Å². The predicted octanol–water partition coefficient (Wildman–Crippen LogP) is 1.72. The third-order valence-electron chi connectivity index (χ3n) is 3.59. The van der Waals surface area contributed by atoms with E-state index in [1.165, 1.54) is 11.8 Å². The largest absolute Gasteiger partial charge is 0.354 e. The monoisotopic (exact) mass is 348 g/mol. The summed E-state index contributed by atoms with van der Waals surface area (Å²) in [5.41, 5.74) is 2.05. The van der Waals surface area contributed by atoms with E-state index in [2.05, 4.69) is 10.3 Å². The highest BCUT2D eigenvalue weighted by Gasteiger charge is 2.08. The summed E-state index contributed by atoms with van der Waals surface area (Å²) in [5, 5.41) is 3.50. The van der Waals surface area contributed by atoms with Crippen molar-refractivity contribution >= 4 is 23.4 Å². The molecular formula is C17H21ClN4O2. The molecule has 1 N–H and O–H groups in total. The van der Waals surface area contributed by atoms with E-state index in [0.717, 1.165) is 22.8 Å². The van der Waals surface area contributed by atoms with Gasteiger partial charge in [-0.25, -0.2) is 4.98 Å². The van der Waals surface area contributed by atoms with Gasteiger partial charge in [0, 0.05) is 44.7 Å². The lowest BCUT2D eigenvalue weighted by Crippen LogP contribution is -2.38. The van der Waals surface area contributed by atoms with Crippen molar-refractivity contribution in [3.63, 3.8) is 0 Å². The molecule has 2 aromatic rings. The molecule has 0 bridgehead atoms. The lowest BCUT2D eigenvalue weighted by Gasteiger charge is -2.13. The second-order valence-electron chi connectivity index (χ2n) is 5.64. The molecular weight excluding hydrogens is 328 g/mol. The number of nitrogens with zero attached hydrogens (tertiary/aromatic N) is 3. The lowest BCUT2D eigenvalue weighted by molar-refractivity contribution is -0.133. The molecule has 0 spiro atoms. The Morgan fingerprint density at radius 1 is 1.29 bits per heavy atom. The van der Waals surface area contributed by atoms with E-state index in [9.17, 15) is 9.59 Å². The number of carbonyl (C=O) groups is 2. The van der Waals surface area contributed by atoms with Gasteiger partial charge in [-0.3, -0.25) is 9.59 Å². The van der Waals surface area contributed by atoms with E-state index in [1.54, 1.807) is 13.4 Å². The first-order valence-electron chi connectivity index (χ1n) is 7.67. The normalized spacial score (nSPS) is 10.5. The van der Waals surface area contributed by atoms with Crippen LogP contribution in [-0.4, -0.2) is 46.4 Å². The van der Waals surface area contributed by atoms with Crippen LogP contribution in [0.2, 0.25) is 5.02 Å². The van der Waals surface area contributed by atoms with Crippen molar-refractivity contribution in [2.75, 3.05) is 20.1 Å². The molecule has 0 aliphatic rings. The Balaban J connectivity index is 1.76. The molecule has 1 aromatic heterocycles. The highest BCUT2D eigenvalue weighted by molar-refractivity contribution is 6.30. The van der Waals surface area contributed by atoms with Crippen molar-refractivity contribution in [1.82, 2.24) is 19.8 Å². The van der Waals surface area contributed by atoms with E-state index in [0.29, 0.717) is 13.0 Å². The van der Waals surface area contributed by atoms with E-state index < -0.39 is 0 Å². The Labute approximate surface area is 146 Å². The van der Waals surface area contributed by atoms with Gasteiger partial charge in [0.1, 0.15) is 0 Å². The van der Waals surface area contributed by atoms with Crippen molar-refractivity contribution in [3.05, 3.63) is 53.1 Å². The zero-order chi connectivity index (χ0) is 17.5. The Hall–Kier alpha value is -2.34. The smallest absolute Gasteiger partial charge is 0.239 e. The Kier molecular flexibility index (Phi) is 6.37.